The van der Waals surface area contributed by atoms with E-state index in [9.17, 15) is 13.2 Å². The van der Waals surface area contributed by atoms with Gasteiger partial charge in [-0.25, -0.2) is 8.42 Å². The summed E-state index contributed by atoms with van der Waals surface area (Å²) < 4.78 is 23.0. The number of nitrogens with one attached hydrogen (secondary N) is 2. The quantitative estimate of drug-likeness (QED) is 0.811. The number of aromatic amines is 1. The summed E-state index contributed by atoms with van der Waals surface area (Å²) in [5.74, 6) is -0.132. The Morgan fingerprint density at radius 3 is 2.56 bits per heavy atom. The van der Waals surface area contributed by atoms with E-state index in [1.807, 2.05) is 0 Å². The molecule has 1 fully saturated rings. The minimum atomic E-state index is -3.03. The number of hydrogen-bond donors (Lipinski definition) is 2. The Morgan fingerprint density at radius 2 is 2.11 bits per heavy atom. The molecule has 1 aliphatic heterocycles. The molecule has 18 heavy (non-hydrogen) atoms. The van der Waals surface area contributed by atoms with E-state index < -0.39 is 15.4 Å². The predicted octanol–water partition coefficient (Wildman–Crippen LogP) is 0.334. The Hall–Kier alpha value is -1.37. The molecular formula is C11H17N3O3S. The molecule has 2 N–H and O–H groups in total. The average molecular weight is 271 g/mol. The zero-order valence-corrected chi connectivity index (χ0v) is 11.5. The van der Waals surface area contributed by atoms with Crippen LogP contribution in [0.5, 0.6) is 0 Å². The molecule has 0 spiro atoms. The lowest BCUT2D eigenvalue weighted by molar-refractivity contribution is 0.0914. The van der Waals surface area contributed by atoms with Gasteiger partial charge in [0.1, 0.15) is 0 Å². The Kier molecular flexibility index (Phi) is 2.96. The number of aryl methyl sites for hydroxylation is 2. The second kappa shape index (κ2) is 4.08. The van der Waals surface area contributed by atoms with Crippen molar-refractivity contribution in [1.82, 2.24) is 15.5 Å². The third-order valence-corrected chi connectivity index (χ3v) is 5.18. The van der Waals surface area contributed by atoms with Gasteiger partial charge in [0, 0.05) is 5.69 Å². The number of sulfone groups is 1. The second-order valence-electron chi connectivity index (χ2n) is 5.17. The zero-order chi connectivity index (χ0) is 13.6. The minimum absolute atomic E-state index is 0.00167. The normalized spacial score (nSPS) is 26.2. The fourth-order valence-electron chi connectivity index (χ4n) is 2.33. The lowest BCUT2D eigenvalue weighted by Crippen LogP contribution is -2.47. The third-order valence-electron chi connectivity index (χ3n) is 3.27. The highest BCUT2D eigenvalue weighted by Gasteiger charge is 2.40. The van der Waals surface area contributed by atoms with Crippen LogP contribution in [0.25, 0.3) is 0 Å². The number of rotatable bonds is 2. The van der Waals surface area contributed by atoms with Gasteiger partial charge in [0.25, 0.3) is 5.91 Å². The molecule has 0 bridgehead atoms. The van der Waals surface area contributed by atoms with Crippen molar-refractivity contribution in [2.24, 2.45) is 0 Å². The van der Waals surface area contributed by atoms with E-state index in [2.05, 4.69) is 15.5 Å². The summed E-state index contributed by atoms with van der Waals surface area (Å²) in [4.78, 5) is 12.2. The van der Waals surface area contributed by atoms with E-state index in [1.54, 1.807) is 20.8 Å². The Labute approximate surface area is 106 Å². The maximum absolute atomic E-state index is 12.2. The third kappa shape index (κ3) is 2.40. The molecule has 1 amide bonds. The first-order chi connectivity index (χ1) is 8.22. The highest BCUT2D eigenvalue weighted by atomic mass is 32.2. The average Bonchev–Trinajstić information content (AvgIpc) is 2.67. The molecule has 1 aromatic heterocycles. The molecule has 2 rings (SSSR count). The van der Waals surface area contributed by atoms with E-state index in [-0.39, 0.29) is 17.4 Å². The number of H-pyrrole nitrogens is 1. The fourth-order valence-corrected chi connectivity index (χ4v) is 4.42. The van der Waals surface area contributed by atoms with Gasteiger partial charge < -0.3 is 5.32 Å². The van der Waals surface area contributed by atoms with Crippen molar-refractivity contribution in [3.63, 3.8) is 0 Å². The molecule has 1 atom stereocenters. The van der Waals surface area contributed by atoms with Crippen LogP contribution in [-0.2, 0) is 9.84 Å². The van der Waals surface area contributed by atoms with Crippen LogP contribution in [0.3, 0.4) is 0 Å². The van der Waals surface area contributed by atoms with Gasteiger partial charge in [0.05, 0.1) is 28.3 Å². The highest BCUT2D eigenvalue weighted by molar-refractivity contribution is 7.91. The Morgan fingerprint density at radius 1 is 1.44 bits per heavy atom. The molecule has 0 aliphatic carbocycles. The van der Waals surface area contributed by atoms with Gasteiger partial charge in [0.2, 0.25) is 0 Å². The number of hydrogen-bond acceptors (Lipinski definition) is 4. The van der Waals surface area contributed by atoms with Gasteiger partial charge in [-0.3, -0.25) is 9.89 Å². The maximum Gasteiger partial charge on any atom is 0.255 e. The Bertz CT molecular complexity index is 571. The number of amides is 1. The van der Waals surface area contributed by atoms with Crippen LogP contribution < -0.4 is 5.32 Å². The van der Waals surface area contributed by atoms with E-state index in [0.29, 0.717) is 23.4 Å². The van der Waals surface area contributed by atoms with Crippen molar-refractivity contribution in [2.75, 3.05) is 11.5 Å². The molecule has 2 heterocycles. The highest BCUT2D eigenvalue weighted by Crippen LogP contribution is 2.23. The summed E-state index contributed by atoms with van der Waals surface area (Å²) in [6.45, 7) is 5.27. The molecule has 0 aromatic carbocycles. The SMILES string of the molecule is Cc1n[nH]c(C)c1C(=O)NC1(C)CCS(=O)(=O)C1. The van der Waals surface area contributed by atoms with Crippen molar-refractivity contribution >= 4 is 15.7 Å². The molecular weight excluding hydrogens is 254 g/mol. The van der Waals surface area contributed by atoms with E-state index in [1.165, 1.54) is 0 Å². The number of aromatic nitrogens is 2. The maximum atomic E-state index is 12.2. The van der Waals surface area contributed by atoms with Crippen LogP contribution in [0.2, 0.25) is 0 Å². The van der Waals surface area contributed by atoms with E-state index in [0.717, 1.165) is 0 Å². The summed E-state index contributed by atoms with van der Waals surface area (Å²) in [6, 6.07) is 0. The predicted molar refractivity (Wildman–Crippen MR) is 67.2 cm³/mol. The van der Waals surface area contributed by atoms with E-state index in [4.69, 9.17) is 0 Å². The molecule has 7 heteroatoms. The van der Waals surface area contributed by atoms with Crippen LogP contribution >= 0.6 is 0 Å². The largest absolute Gasteiger partial charge is 0.346 e. The first kappa shape index (κ1) is 13.1. The Balaban J connectivity index is 2.19. The van der Waals surface area contributed by atoms with Crippen LogP contribution in [-0.4, -0.2) is 41.6 Å². The summed E-state index contributed by atoms with van der Waals surface area (Å²) in [5, 5.41) is 9.52. The monoisotopic (exact) mass is 271 g/mol. The molecule has 1 unspecified atom stereocenters. The molecule has 0 saturated carbocycles. The van der Waals surface area contributed by atoms with Crippen molar-refractivity contribution in [3.8, 4) is 0 Å². The lowest BCUT2D eigenvalue weighted by Gasteiger charge is -2.23. The summed E-state index contributed by atoms with van der Waals surface area (Å²) in [5.41, 5.74) is 1.14. The van der Waals surface area contributed by atoms with Crippen molar-refractivity contribution in [2.45, 2.75) is 32.7 Å². The molecule has 100 valence electrons. The van der Waals surface area contributed by atoms with Crippen molar-refractivity contribution in [1.29, 1.82) is 0 Å². The molecule has 1 aromatic rings. The van der Waals surface area contributed by atoms with Crippen LogP contribution in [0.15, 0.2) is 0 Å². The standard InChI is InChI=1S/C11H17N3O3S/c1-7-9(8(2)14-13-7)10(15)12-11(3)4-5-18(16,17)6-11/h4-6H2,1-3H3,(H,12,15)(H,13,14). The zero-order valence-electron chi connectivity index (χ0n) is 10.7. The van der Waals surface area contributed by atoms with Crippen LogP contribution in [0, 0.1) is 13.8 Å². The number of carbonyl (C=O) groups is 1. The van der Waals surface area contributed by atoms with Crippen molar-refractivity contribution in [3.05, 3.63) is 17.0 Å². The van der Waals surface area contributed by atoms with Gasteiger partial charge in [0.15, 0.2) is 9.84 Å². The number of carbonyl (C=O) groups excluding carboxylic acids is 1. The first-order valence-corrected chi connectivity index (χ1v) is 7.59. The van der Waals surface area contributed by atoms with Crippen LogP contribution in [0.4, 0.5) is 0 Å². The molecule has 0 radical (unpaired) electrons. The van der Waals surface area contributed by atoms with E-state index >= 15 is 0 Å². The fraction of sp³-hybridized carbons (Fsp3) is 0.636. The van der Waals surface area contributed by atoms with Crippen LogP contribution in [0.1, 0.15) is 35.1 Å². The number of nitrogens with zero attached hydrogens (tertiary/aromatic N) is 1. The van der Waals surface area contributed by atoms with Crippen molar-refractivity contribution < 1.29 is 13.2 Å². The summed E-state index contributed by atoms with van der Waals surface area (Å²) >= 11 is 0. The molecule has 6 nitrogen and oxygen atoms in total. The minimum Gasteiger partial charge on any atom is -0.346 e. The topological polar surface area (TPSA) is 91.9 Å². The first-order valence-electron chi connectivity index (χ1n) is 5.77. The van der Waals surface area contributed by atoms with Gasteiger partial charge in [-0.05, 0) is 27.2 Å². The molecule has 1 saturated heterocycles. The van der Waals surface area contributed by atoms with Gasteiger partial charge in [-0.2, -0.15) is 5.10 Å². The van der Waals surface area contributed by atoms with Gasteiger partial charge >= 0.3 is 0 Å². The van der Waals surface area contributed by atoms with Gasteiger partial charge in [-0.15, -0.1) is 0 Å². The summed E-state index contributed by atoms with van der Waals surface area (Å²) in [7, 11) is -3.03. The van der Waals surface area contributed by atoms with Gasteiger partial charge in [-0.1, -0.05) is 0 Å². The smallest absolute Gasteiger partial charge is 0.255 e. The molecule has 1 aliphatic rings. The second-order valence-corrected chi connectivity index (χ2v) is 7.35. The summed E-state index contributed by atoms with van der Waals surface area (Å²) in [6.07, 6.45) is 0.455. The lowest BCUT2D eigenvalue weighted by atomic mass is 10.0.